The molecule has 0 aromatic heterocycles. The lowest BCUT2D eigenvalue weighted by Gasteiger charge is -2.13. The third-order valence-corrected chi connectivity index (χ3v) is 3.15. The summed E-state index contributed by atoms with van der Waals surface area (Å²) in [4.78, 5) is 12.1. The molecule has 2 aromatic rings. The average molecular weight is 286 g/mol. The van der Waals surface area contributed by atoms with Crippen LogP contribution in [-0.4, -0.2) is 24.7 Å². The van der Waals surface area contributed by atoms with Crippen molar-refractivity contribution in [3.05, 3.63) is 59.7 Å². The minimum Gasteiger partial charge on any atom is -0.497 e. The van der Waals surface area contributed by atoms with Gasteiger partial charge in [0.2, 0.25) is 0 Å². The van der Waals surface area contributed by atoms with Crippen LogP contribution in [-0.2, 0) is 0 Å². The molecule has 0 heterocycles. The molecule has 1 amide bonds. The van der Waals surface area contributed by atoms with E-state index in [1.165, 1.54) is 7.11 Å². The lowest BCUT2D eigenvalue weighted by atomic mass is 10.1. The number of methoxy groups -OCH3 is 1. The molecule has 0 saturated carbocycles. The molecule has 1 atom stereocenters. The zero-order chi connectivity index (χ0) is 15.2. The van der Waals surface area contributed by atoms with Crippen LogP contribution in [0.2, 0.25) is 0 Å². The predicted molar refractivity (Wildman–Crippen MR) is 81.1 cm³/mol. The Morgan fingerprint density at radius 3 is 2.67 bits per heavy atom. The molecule has 4 N–H and O–H groups in total. The van der Waals surface area contributed by atoms with Gasteiger partial charge in [-0.1, -0.05) is 30.3 Å². The molecular formula is C16H18N2O3. The number of carbonyl (C=O) groups excluding carboxylic acids is 1. The maximum atomic E-state index is 12.1. The van der Waals surface area contributed by atoms with Crippen LogP contribution in [0.3, 0.4) is 0 Å². The summed E-state index contributed by atoms with van der Waals surface area (Å²) in [5, 5.41) is 12.7. The van der Waals surface area contributed by atoms with Crippen molar-refractivity contribution in [1.82, 2.24) is 5.32 Å². The Morgan fingerprint density at radius 1 is 1.29 bits per heavy atom. The molecular weight excluding hydrogens is 268 g/mol. The zero-order valence-electron chi connectivity index (χ0n) is 11.7. The average Bonchev–Trinajstić information content (AvgIpc) is 2.53. The van der Waals surface area contributed by atoms with Crippen LogP contribution in [0.4, 0.5) is 5.69 Å². The number of ether oxygens (including phenoxy) is 1. The van der Waals surface area contributed by atoms with E-state index >= 15 is 0 Å². The first-order valence-electron chi connectivity index (χ1n) is 6.56. The number of hydrogen-bond donors (Lipinski definition) is 3. The van der Waals surface area contributed by atoms with Crippen molar-refractivity contribution in [2.75, 3.05) is 19.4 Å². The molecule has 1 unspecified atom stereocenters. The van der Waals surface area contributed by atoms with E-state index in [9.17, 15) is 9.90 Å². The molecule has 0 aliphatic carbocycles. The smallest absolute Gasteiger partial charge is 0.253 e. The number of carbonyl (C=O) groups is 1. The zero-order valence-corrected chi connectivity index (χ0v) is 11.7. The van der Waals surface area contributed by atoms with Gasteiger partial charge in [0, 0.05) is 12.2 Å². The molecule has 0 fully saturated rings. The van der Waals surface area contributed by atoms with Crippen LogP contribution in [0.15, 0.2) is 48.5 Å². The van der Waals surface area contributed by atoms with E-state index in [-0.39, 0.29) is 12.5 Å². The number of nitrogen functional groups attached to an aromatic ring is 1. The lowest BCUT2D eigenvalue weighted by molar-refractivity contribution is 0.0917. The molecule has 0 bridgehead atoms. The number of hydrogen-bond acceptors (Lipinski definition) is 4. The van der Waals surface area contributed by atoms with Gasteiger partial charge in [-0.15, -0.1) is 0 Å². The van der Waals surface area contributed by atoms with E-state index in [1.807, 2.05) is 18.2 Å². The van der Waals surface area contributed by atoms with Gasteiger partial charge in [-0.2, -0.15) is 0 Å². The first kappa shape index (κ1) is 14.9. The summed E-state index contributed by atoms with van der Waals surface area (Å²) in [6.45, 7) is 0.111. The number of nitrogens with one attached hydrogen (secondary N) is 1. The SMILES string of the molecule is COc1ccc(N)c(C(=O)NCC(O)c2ccccc2)c1. The Labute approximate surface area is 123 Å². The molecule has 2 rings (SSSR count). The number of amides is 1. The van der Waals surface area contributed by atoms with Crippen LogP contribution < -0.4 is 15.8 Å². The minimum absolute atomic E-state index is 0.111. The summed E-state index contributed by atoms with van der Waals surface area (Å²) in [6.07, 6.45) is -0.762. The van der Waals surface area contributed by atoms with Crippen LogP contribution in [0.5, 0.6) is 5.75 Å². The second kappa shape index (κ2) is 6.76. The van der Waals surface area contributed by atoms with Gasteiger partial charge in [0.15, 0.2) is 0 Å². The summed E-state index contributed by atoms with van der Waals surface area (Å²) < 4.78 is 5.07. The molecule has 5 nitrogen and oxygen atoms in total. The van der Waals surface area contributed by atoms with Gasteiger partial charge >= 0.3 is 0 Å². The Bertz CT molecular complexity index is 614. The first-order valence-corrected chi connectivity index (χ1v) is 6.56. The molecule has 0 radical (unpaired) electrons. The second-order valence-electron chi connectivity index (χ2n) is 4.59. The molecule has 0 saturated heterocycles. The molecule has 110 valence electrons. The quantitative estimate of drug-likeness (QED) is 0.731. The summed E-state index contributed by atoms with van der Waals surface area (Å²) in [7, 11) is 1.52. The second-order valence-corrected chi connectivity index (χ2v) is 4.59. The highest BCUT2D eigenvalue weighted by atomic mass is 16.5. The topological polar surface area (TPSA) is 84.6 Å². The number of anilines is 1. The number of aliphatic hydroxyl groups excluding tert-OH is 1. The fourth-order valence-corrected chi connectivity index (χ4v) is 1.94. The Hall–Kier alpha value is -2.53. The summed E-state index contributed by atoms with van der Waals surface area (Å²) in [5.74, 6) is 0.208. The van der Waals surface area contributed by atoms with Gasteiger partial charge in [-0.3, -0.25) is 4.79 Å². The predicted octanol–water partition coefficient (Wildman–Crippen LogP) is 1.74. The van der Waals surface area contributed by atoms with Gasteiger partial charge in [0.05, 0.1) is 18.8 Å². The van der Waals surface area contributed by atoms with Crippen molar-refractivity contribution >= 4 is 11.6 Å². The Balaban J connectivity index is 2.02. The van der Waals surface area contributed by atoms with E-state index < -0.39 is 6.10 Å². The molecule has 2 aromatic carbocycles. The van der Waals surface area contributed by atoms with Crippen LogP contribution >= 0.6 is 0 Å². The largest absolute Gasteiger partial charge is 0.497 e. The van der Waals surface area contributed by atoms with E-state index in [0.717, 1.165) is 5.56 Å². The maximum absolute atomic E-state index is 12.1. The fraction of sp³-hybridized carbons (Fsp3) is 0.188. The number of rotatable bonds is 5. The number of benzene rings is 2. The van der Waals surface area contributed by atoms with Crippen molar-refractivity contribution in [3.8, 4) is 5.75 Å². The van der Waals surface area contributed by atoms with E-state index in [1.54, 1.807) is 30.3 Å². The van der Waals surface area contributed by atoms with Crippen molar-refractivity contribution in [2.45, 2.75) is 6.10 Å². The first-order chi connectivity index (χ1) is 10.1. The third-order valence-electron chi connectivity index (χ3n) is 3.15. The van der Waals surface area contributed by atoms with Crippen LogP contribution in [0.25, 0.3) is 0 Å². The number of nitrogens with two attached hydrogens (primary N) is 1. The van der Waals surface area contributed by atoms with E-state index in [2.05, 4.69) is 5.32 Å². The monoisotopic (exact) mass is 286 g/mol. The standard InChI is InChI=1S/C16H18N2O3/c1-21-12-7-8-14(17)13(9-12)16(20)18-10-15(19)11-5-3-2-4-6-11/h2-9,15,19H,10,17H2,1H3,(H,18,20). The van der Waals surface area contributed by atoms with Crippen molar-refractivity contribution < 1.29 is 14.6 Å². The summed E-state index contributed by atoms with van der Waals surface area (Å²) in [6, 6.07) is 14.0. The van der Waals surface area contributed by atoms with Gasteiger partial charge in [-0.05, 0) is 23.8 Å². The van der Waals surface area contributed by atoms with Gasteiger partial charge < -0.3 is 20.9 Å². The maximum Gasteiger partial charge on any atom is 0.253 e. The van der Waals surface area contributed by atoms with Gasteiger partial charge in [0.25, 0.3) is 5.91 Å². The minimum atomic E-state index is -0.762. The van der Waals surface area contributed by atoms with E-state index in [0.29, 0.717) is 17.0 Å². The lowest BCUT2D eigenvalue weighted by Crippen LogP contribution is -2.29. The molecule has 5 heteroatoms. The van der Waals surface area contributed by atoms with Crippen molar-refractivity contribution in [1.29, 1.82) is 0 Å². The number of aliphatic hydroxyl groups is 1. The molecule has 0 spiro atoms. The van der Waals surface area contributed by atoms with Gasteiger partial charge in [0.1, 0.15) is 5.75 Å². The fourth-order valence-electron chi connectivity index (χ4n) is 1.94. The third kappa shape index (κ3) is 3.73. The Morgan fingerprint density at radius 2 is 2.00 bits per heavy atom. The summed E-state index contributed by atoms with van der Waals surface area (Å²) >= 11 is 0. The highest BCUT2D eigenvalue weighted by Gasteiger charge is 2.13. The van der Waals surface area contributed by atoms with Crippen LogP contribution in [0, 0.1) is 0 Å². The van der Waals surface area contributed by atoms with E-state index in [4.69, 9.17) is 10.5 Å². The van der Waals surface area contributed by atoms with Crippen LogP contribution in [0.1, 0.15) is 22.0 Å². The van der Waals surface area contributed by atoms with Gasteiger partial charge in [-0.25, -0.2) is 0 Å². The molecule has 21 heavy (non-hydrogen) atoms. The highest BCUT2D eigenvalue weighted by Crippen LogP contribution is 2.19. The Kier molecular flexibility index (Phi) is 4.79. The molecule has 0 aliphatic heterocycles. The van der Waals surface area contributed by atoms with Crippen molar-refractivity contribution in [3.63, 3.8) is 0 Å². The summed E-state index contributed by atoms with van der Waals surface area (Å²) in [5.41, 5.74) is 7.22. The molecule has 0 aliphatic rings. The highest BCUT2D eigenvalue weighted by molar-refractivity contribution is 5.99. The normalized spacial score (nSPS) is 11.7. The van der Waals surface area contributed by atoms with Crippen molar-refractivity contribution in [2.24, 2.45) is 0 Å².